The Morgan fingerprint density at radius 1 is 1.11 bits per heavy atom. The van der Waals surface area contributed by atoms with E-state index in [4.69, 9.17) is 9.47 Å². The Morgan fingerprint density at radius 2 is 1.84 bits per heavy atom. The monoisotopic (exact) mass is 528 g/mol. The van der Waals surface area contributed by atoms with Crippen LogP contribution in [0.1, 0.15) is 50.1 Å². The van der Waals surface area contributed by atoms with Crippen molar-refractivity contribution in [1.29, 1.82) is 0 Å². The zero-order valence-corrected chi connectivity index (χ0v) is 23.3. The lowest BCUT2D eigenvalue weighted by molar-refractivity contribution is -0.135. The highest BCUT2D eigenvalue weighted by molar-refractivity contribution is 7.10. The molecule has 1 saturated heterocycles. The van der Waals surface area contributed by atoms with Crippen LogP contribution >= 0.6 is 11.3 Å². The van der Waals surface area contributed by atoms with Crippen LogP contribution in [0.2, 0.25) is 0 Å². The van der Waals surface area contributed by atoms with Gasteiger partial charge in [-0.1, -0.05) is 12.1 Å². The summed E-state index contributed by atoms with van der Waals surface area (Å²) in [6, 6.07) is 9.21. The molecule has 3 heterocycles. The third kappa shape index (κ3) is 7.17. The van der Waals surface area contributed by atoms with Gasteiger partial charge in [-0.05, 0) is 82.3 Å². The van der Waals surface area contributed by atoms with E-state index in [1.165, 1.54) is 17.7 Å². The molecule has 202 valence electrons. The number of likely N-dealkylation sites (tertiary alicyclic amines) is 1. The summed E-state index contributed by atoms with van der Waals surface area (Å²) in [5.41, 5.74) is 0.746. The third-order valence-electron chi connectivity index (χ3n) is 6.86. The van der Waals surface area contributed by atoms with Gasteiger partial charge in [-0.25, -0.2) is 4.79 Å². The second-order valence-electron chi connectivity index (χ2n) is 10.8. The van der Waals surface area contributed by atoms with Crippen molar-refractivity contribution >= 4 is 23.3 Å². The van der Waals surface area contributed by atoms with E-state index in [9.17, 15) is 9.59 Å². The molecule has 2 aliphatic rings. The van der Waals surface area contributed by atoms with E-state index in [0.717, 1.165) is 31.6 Å². The van der Waals surface area contributed by atoms with Gasteiger partial charge in [0.1, 0.15) is 13.2 Å². The Bertz CT molecular complexity index is 1060. The molecule has 4 rings (SSSR count). The first-order chi connectivity index (χ1) is 17.7. The maximum atomic E-state index is 13.8. The van der Waals surface area contributed by atoms with Crippen LogP contribution in [-0.2, 0) is 11.2 Å². The number of nitrogens with zero attached hydrogens (tertiary/aromatic N) is 3. The Balaban J connectivity index is 1.49. The third-order valence-corrected chi connectivity index (χ3v) is 7.86. The van der Waals surface area contributed by atoms with Gasteiger partial charge in [0.2, 0.25) is 5.91 Å². The number of carbonyl (C=O) groups excluding carboxylic acids is 2. The fourth-order valence-electron chi connectivity index (χ4n) is 4.96. The number of methoxy groups -OCH3 is 1. The van der Waals surface area contributed by atoms with E-state index in [-0.39, 0.29) is 30.1 Å². The van der Waals surface area contributed by atoms with E-state index >= 15 is 0 Å². The summed E-state index contributed by atoms with van der Waals surface area (Å²) >= 11 is 1.72. The molecule has 9 heteroatoms. The molecule has 1 aromatic carbocycles. The topological polar surface area (TPSA) is 74.4 Å². The fraction of sp³-hybridized carbons (Fsp3) is 0.571. The molecule has 0 radical (unpaired) electrons. The van der Waals surface area contributed by atoms with Crippen LogP contribution in [0, 0.1) is 0 Å². The Labute approximate surface area is 224 Å². The van der Waals surface area contributed by atoms with E-state index in [0.29, 0.717) is 31.2 Å². The minimum absolute atomic E-state index is 0.0420. The molecule has 37 heavy (non-hydrogen) atoms. The largest absolute Gasteiger partial charge is 0.493 e. The van der Waals surface area contributed by atoms with Gasteiger partial charge in [0, 0.05) is 30.1 Å². The maximum Gasteiger partial charge on any atom is 0.318 e. The van der Waals surface area contributed by atoms with Crippen molar-refractivity contribution < 1.29 is 19.1 Å². The average molecular weight is 529 g/mol. The zero-order chi connectivity index (χ0) is 26.4. The number of amides is 3. The molecule has 1 N–H and O–H groups in total. The Morgan fingerprint density at radius 3 is 2.54 bits per heavy atom. The Kier molecular flexibility index (Phi) is 8.97. The zero-order valence-electron chi connectivity index (χ0n) is 22.5. The minimum atomic E-state index is -0.381. The maximum absolute atomic E-state index is 13.8. The lowest BCUT2D eigenvalue weighted by Crippen LogP contribution is -2.54. The highest BCUT2D eigenvalue weighted by atomic mass is 32.1. The first-order valence-corrected chi connectivity index (χ1v) is 14.0. The van der Waals surface area contributed by atoms with Gasteiger partial charge in [-0.15, -0.1) is 11.3 Å². The van der Waals surface area contributed by atoms with Crippen LogP contribution in [0.15, 0.2) is 35.7 Å². The number of carbonyl (C=O) groups is 2. The minimum Gasteiger partial charge on any atom is -0.493 e. The highest BCUT2D eigenvalue weighted by Gasteiger charge is 2.34. The van der Waals surface area contributed by atoms with Gasteiger partial charge >= 0.3 is 6.03 Å². The summed E-state index contributed by atoms with van der Waals surface area (Å²) in [6.45, 7) is 10.2. The fourth-order valence-corrected chi connectivity index (χ4v) is 5.88. The van der Waals surface area contributed by atoms with E-state index in [2.05, 4.69) is 21.7 Å². The number of nitrogens with one attached hydrogen (secondary N) is 1. The van der Waals surface area contributed by atoms with Crippen molar-refractivity contribution in [3.05, 3.63) is 46.2 Å². The predicted molar refractivity (Wildman–Crippen MR) is 146 cm³/mol. The number of benzene rings is 1. The molecular weight excluding hydrogens is 488 g/mol. The van der Waals surface area contributed by atoms with Crippen molar-refractivity contribution in [3.8, 4) is 11.5 Å². The lowest BCUT2D eigenvalue weighted by atomic mass is 10.0. The molecule has 2 aromatic rings. The molecule has 0 aliphatic carbocycles. The number of rotatable bonds is 9. The van der Waals surface area contributed by atoms with Crippen LogP contribution in [0.25, 0.3) is 0 Å². The number of fused-ring (bicyclic) bond motifs is 1. The molecule has 0 spiro atoms. The van der Waals surface area contributed by atoms with Crippen LogP contribution < -0.4 is 14.8 Å². The van der Waals surface area contributed by atoms with Crippen molar-refractivity contribution in [2.45, 2.75) is 51.6 Å². The SMILES string of the molecule is COc1ccccc1OC[C@@H]1c2ccsc2CCN1C(=O)CN(CCN1CCCC1)C(=O)NC(C)(C)C. The summed E-state index contributed by atoms with van der Waals surface area (Å²) in [7, 11) is 1.62. The molecule has 0 unspecified atom stereocenters. The van der Waals surface area contributed by atoms with Crippen LogP contribution in [-0.4, -0.2) is 85.2 Å². The molecule has 1 atom stereocenters. The van der Waals surface area contributed by atoms with Crippen molar-refractivity contribution in [2.24, 2.45) is 0 Å². The number of hydrogen-bond donors (Lipinski definition) is 1. The van der Waals surface area contributed by atoms with Crippen molar-refractivity contribution in [3.63, 3.8) is 0 Å². The second kappa shape index (κ2) is 12.2. The van der Waals surface area contributed by atoms with Gasteiger partial charge in [0.05, 0.1) is 13.2 Å². The normalized spacial score (nSPS) is 17.8. The molecule has 0 bridgehead atoms. The standard InChI is InChI=1S/C28H40N4O4S/c1-28(2,3)29-27(34)31(17-16-30-13-7-8-14-30)19-26(33)32-15-11-25-21(12-18-37-25)22(32)20-36-24-10-6-5-9-23(24)35-4/h5-6,9-10,12,18,22H,7-8,11,13-17,19-20H2,1-4H3,(H,29,34)/t22-/m1/s1. The number of hydrogen-bond acceptors (Lipinski definition) is 6. The van der Waals surface area contributed by atoms with Crippen LogP contribution in [0.4, 0.5) is 4.79 Å². The average Bonchev–Trinajstić information content (AvgIpc) is 3.56. The molecule has 1 aromatic heterocycles. The van der Waals surface area contributed by atoms with Gasteiger partial charge < -0.3 is 29.5 Å². The number of ether oxygens (including phenoxy) is 2. The number of thiophene rings is 1. The van der Waals surface area contributed by atoms with Crippen molar-refractivity contribution in [1.82, 2.24) is 20.0 Å². The molecule has 0 saturated carbocycles. The van der Waals surface area contributed by atoms with Crippen LogP contribution in [0.5, 0.6) is 11.5 Å². The molecule has 1 fully saturated rings. The van der Waals surface area contributed by atoms with Gasteiger partial charge in [-0.3, -0.25) is 4.79 Å². The lowest BCUT2D eigenvalue weighted by Gasteiger charge is -2.37. The van der Waals surface area contributed by atoms with E-state index < -0.39 is 0 Å². The molecule has 2 aliphatic heterocycles. The van der Waals surface area contributed by atoms with Crippen LogP contribution in [0.3, 0.4) is 0 Å². The van der Waals surface area contributed by atoms with Gasteiger partial charge in [0.25, 0.3) is 0 Å². The van der Waals surface area contributed by atoms with Crippen molar-refractivity contribution in [2.75, 3.05) is 53.0 Å². The molecule has 3 amide bonds. The number of para-hydroxylation sites is 2. The van der Waals surface area contributed by atoms with Gasteiger partial charge in [-0.2, -0.15) is 0 Å². The smallest absolute Gasteiger partial charge is 0.318 e. The summed E-state index contributed by atoms with van der Waals surface area (Å²) in [5.74, 6) is 1.25. The number of urea groups is 1. The Hall–Kier alpha value is -2.78. The second-order valence-corrected chi connectivity index (χ2v) is 11.8. The summed E-state index contributed by atoms with van der Waals surface area (Å²) < 4.78 is 11.6. The van der Waals surface area contributed by atoms with E-state index in [1.54, 1.807) is 23.3 Å². The highest BCUT2D eigenvalue weighted by Crippen LogP contribution is 2.35. The predicted octanol–water partition coefficient (Wildman–Crippen LogP) is 4.17. The van der Waals surface area contributed by atoms with E-state index in [1.807, 2.05) is 49.9 Å². The summed E-state index contributed by atoms with van der Waals surface area (Å²) in [5, 5.41) is 5.12. The first kappa shape index (κ1) is 27.3. The first-order valence-electron chi connectivity index (χ1n) is 13.2. The van der Waals surface area contributed by atoms with Gasteiger partial charge in [0.15, 0.2) is 11.5 Å². The quantitative estimate of drug-likeness (QED) is 0.529. The summed E-state index contributed by atoms with van der Waals surface area (Å²) in [6.07, 6.45) is 3.20. The molecule has 8 nitrogen and oxygen atoms in total. The summed E-state index contributed by atoms with van der Waals surface area (Å²) in [4.78, 5) is 34.2. The molecular formula is C28H40N4O4S.